The molecule has 3 aliphatic rings. The van der Waals surface area contributed by atoms with Crippen LogP contribution < -0.4 is 20.1 Å². The minimum Gasteiger partial charge on any atom is -0.486 e. The molecule has 0 bridgehead atoms. The van der Waals surface area contributed by atoms with Gasteiger partial charge in [0.25, 0.3) is 0 Å². The van der Waals surface area contributed by atoms with Crippen molar-refractivity contribution in [1.29, 1.82) is 0 Å². The van der Waals surface area contributed by atoms with Crippen LogP contribution in [-0.2, 0) is 0 Å². The molecule has 8 nitrogen and oxygen atoms in total. The smallest absolute Gasteiger partial charge is 0.387 e. The Labute approximate surface area is 234 Å². The van der Waals surface area contributed by atoms with Crippen molar-refractivity contribution in [3.63, 3.8) is 0 Å². The van der Waals surface area contributed by atoms with Crippen LogP contribution in [-0.4, -0.2) is 75.8 Å². The quantitative estimate of drug-likeness (QED) is 0.384. The number of alkyl halides is 2. The molecule has 11 heteroatoms. The lowest BCUT2D eigenvalue weighted by Crippen LogP contribution is -2.55. The largest absolute Gasteiger partial charge is 0.486 e. The van der Waals surface area contributed by atoms with Crippen molar-refractivity contribution >= 4 is 17.5 Å². The molecule has 0 amide bonds. The number of likely N-dealkylation sites (tertiary alicyclic amines) is 1. The van der Waals surface area contributed by atoms with Gasteiger partial charge in [0.2, 0.25) is 5.95 Å². The van der Waals surface area contributed by atoms with Gasteiger partial charge in [0.1, 0.15) is 6.10 Å². The highest BCUT2D eigenvalue weighted by atomic mass is 19.3. The van der Waals surface area contributed by atoms with E-state index in [0.29, 0.717) is 17.8 Å². The second-order valence-corrected chi connectivity index (χ2v) is 12.1. The van der Waals surface area contributed by atoms with E-state index in [1.54, 1.807) is 12.1 Å². The number of nitrogens with zero attached hydrogens (tertiary/aromatic N) is 4. The third-order valence-corrected chi connectivity index (χ3v) is 8.46. The van der Waals surface area contributed by atoms with E-state index in [2.05, 4.69) is 58.1 Å². The lowest BCUT2D eigenvalue weighted by Gasteiger charge is -2.47. The summed E-state index contributed by atoms with van der Waals surface area (Å²) in [6, 6.07) is 5.76. The van der Waals surface area contributed by atoms with Crippen LogP contribution in [0.3, 0.4) is 0 Å². The van der Waals surface area contributed by atoms with E-state index >= 15 is 0 Å². The van der Waals surface area contributed by atoms with E-state index in [1.165, 1.54) is 12.5 Å². The molecule has 0 aliphatic carbocycles. The number of hydrogen-bond donors (Lipinski definition) is 2. The van der Waals surface area contributed by atoms with Crippen molar-refractivity contribution in [1.82, 2.24) is 19.8 Å². The Morgan fingerprint density at radius 3 is 2.58 bits per heavy atom. The Morgan fingerprint density at radius 1 is 1.07 bits per heavy atom. The second-order valence-electron chi connectivity index (χ2n) is 12.1. The summed E-state index contributed by atoms with van der Waals surface area (Å²) >= 11 is 0. The Hall–Kier alpha value is -2.79. The van der Waals surface area contributed by atoms with Crippen LogP contribution in [0.2, 0.25) is 0 Å². The zero-order chi connectivity index (χ0) is 28.4. The first-order valence-corrected chi connectivity index (χ1v) is 14.4. The molecule has 40 heavy (non-hydrogen) atoms. The van der Waals surface area contributed by atoms with Crippen molar-refractivity contribution in [2.75, 3.05) is 30.3 Å². The Balaban J connectivity index is 1.27. The molecule has 3 saturated heterocycles. The van der Waals surface area contributed by atoms with Gasteiger partial charge >= 0.3 is 6.61 Å². The van der Waals surface area contributed by atoms with Gasteiger partial charge in [0.15, 0.2) is 23.1 Å². The summed E-state index contributed by atoms with van der Waals surface area (Å²) in [5.41, 5.74) is 0.452. The summed E-state index contributed by atoms with van der Waals surface area (Å²) in [5.74, 6) is -0.0683. The first kappa shape index (κ1) is 28.7. The fourth-order valence-electron chi connectivity index (χ4n) is 6.53. The number of halogens is 3. The molecular formula is C29H41F3N6O2. The highest BCUT2D eigenvalue weighted by Crippen LogP contribution is 2.39. The standard InChI is InChI=1S/C29H41F3N6O2/c1-18(2)37-12-9-22(10-13-37)39-24-8-7-19(15-25(24)40-27(31)32)35-28-33-17-23(30)26(36-28)34-20-14-21-6-5-11-38(21)29(3,4)16-20/h7-8,15,17-18,20-22,27H,5-6,9-14,16H2,1-4H3,(H2,33,34,35,36)/t20-,21+/m0/s1. The summed E-state index contributed by atoms with van der Waals surface area (Å²) in [6.07, 6.45) is 6.80. The fourth-order valence-corrected chi connectivity index (χ4v) is 6.53. The number of fused-ring (bicyclic) bond motifs is 1. The number of benzene rings is 1. The van der Waals surface area contributed by atoms with Crippen molar-refractivity contribution in [2.24, 2.45) is 0 Å². The minimum atomic E-state index is -3.01. The van der Waals surface area contributed by atoms with Gasteiger partial charge in [-0.05, 0) is 84.9 Å². The van der Waals surface area contributed by atoms with Crippen LogP contribution in [0, 0.1) is 5.82 Å². The third kappa shape index (κ3) is 6.74. The maximum atomic E-state index is 14.7. The van der Waals surface area contributed by atoms with Crippen molar-refractivity contribution < 1.29 is 22.6 Å². The first-order valence-electron chi connectivity index (χ1n) is 14.4. The van der Waals surface area contributed by atoms with Crippen LogP contribution in [0.4, 0.5) is 30.6 Å². The molecule has 0 radical (unpaired) electrons. The Morgan fingerprint density at radius 2 is 1.85 bits per heavy atom. The number of nitrogens with one attached hydrogen (secondary N) is 2. The molecule has 220 valence electrons. The summed E-state index contributed by atoms with van der Waals surface area (Å²) in [5, 5.41) is 6.31. The summed E-state index contributed by atoms with van der Waals surface area (Å²) in [6.45, 7) is 8.68. The number of ether oxygens (including phenoxy) is 2. The van der Waals surface area contributed by atoms with Gasteiger partial charge in [0.05, 0.1) is 6.20 Å². The topological polar surface area (TPSA) is 74.8 Å². The van der Waals surface area contributed by atoms with E-state index in [-0.39, 0.29) is 40.9 Å². The molecule has 1 aromatic heterocycles. The number of anilines is 3. The molecule has 2 N–H and O–H groups in total. The molecule has 3 fully saturated rings. The van der Waals surface area contributed by atoms with Gasteiger partial charge in [-0.1, -0.05) is 0 Å². The number of hydrogen-bond acceptors (Lipinski definition) is 8. The van der Waals surface area contributed by atoms with Crippen LogP contribution in [0.5, 0.6) is 11.5 Å². The number of piperidine rings is 2. The van der Waals surface area contributed by atoms with Crippen LogP contribution in [0.25, 0.3) is 0 Å². The molecule has 4 heterocycles. The Bertz CT molecular complexity index is 1160. The predicted octanol–water partition coefficient (Wildman–Crippen LogP) is 6.03. The highest BCUT2D eigenvalue weighted by Gasteiger charge is 2.43. The van der Waals surface area contributed by atoms with Gasteiger partial charge in [-0.15, -0.1) is 0 Å². The maximum Gasteiger partial charge on any atom is 0.387 e. The third-order valence-electron chi connectivity index (χ3n) is 8.46. The van der Waals surface area contributed by atoms with Crippen molar-refractivity contribution in [3.8, 4) is 11.5 Å². The molecule has 0 spiro atoms. The highest BCUT2D eigenvalue weighted by molar-refractivity contribution is 5.60. The SMILES string of the molecule is CC(C)N1CCC(Oc2ccc(Nc3ncc(F)c(N[C@H]4C[C@H]5CCCN5C(C)(C)C4)n3)cc2OC(F)F)CC1. The molecule has 0 unspecified atom stereocenters. The van der Waals surface area contributed by atoms with Crippen molar-refractivity contribution in [2.45, 2.75) is 103 Å². The predicted molar refractivity (Wildman–Crippen MR) is 149 cm³/mol. The lowest BCUT2D eigenvalue weighted by atomic mass is 9.84. The Kier molecular flexibility index (Phi) is 8.61. The van der Waals surface area contributed by atoms with E-state index in [0.717, 1.165) is 57.9 Å². The molecule has 2 aromatic rings. The average Bonchev–Trinajstić information content (AvgIpc) is 3.37. The van der Waals surface area contributed by atoms with E-state index in [9.17, 15) is 13.2 Å². The van der Waals surface area contributed by atoms with Crippen LogP contribution >= 0.6 is 0 Å². The van der Waals surface area contributed by atoms with Crippen molar-refractivity contribution in [3.05, 3.63) is 30.2 Å². The summed E-state index contributed by atoms with van der Waals surface area (Å²) in [7, 11) is 0. The first-order chi connectivity index (χ1) is 19.1. The van der Waals surface area contributed by atoms with Gasteiger partial charge in [-0.25, -0.2) is 9.37 Å². The molecule has 2 atom stereocenters. The summed E-state index contributed by atoms with van der Waals surface area (Å²) < 4.78 is 52.1. The van der Waals surface area contributed by atoms with Gasteiger partial charge < -0.3 is 25.0 Å². The van der Waals surface area contributed by atoms with Gasteiger partial charge in [-0.3, -0.25) is 4.90 Å². The van der Waals surface area contributed by atoms with E-state index < -0.39 is 12.4 Å². The van der Waals surface area contributed by atoms with Gasteiger partial charge in [0, 0.05) is 48.5 Å². The molecular weight excluding hydrogens is 521 g/mol. The normalized spacial score (nSPS) is 23.8. The van der Waals surface area contributed by atoms with Crippen LogP contribution in [0.15, 0.2) is 24.4 Å². The minimum absolute atomic E-state index is 0.0258. The van der Waals surface area contributed by atoms with Gasteiger partial charge in [-0.2, -0.15) is 13.8 Å². The maximum absolute atomic E-state index is 14.7. The number of aromatic nitrogens is 2. The average molecular weight is 563 g/mol. The number of rotatable bonds is 9. The molecule has 0 saturated carbocycles. The van der Waals surface area contributed by atoms with E-state index in [4.69, 9.17) is 9.47 Å². The fraction of sp³-hybridized carbons (Fsp3) is 0.655. The summed E-state index contributed by atoms with van der Waals surface area (Å²) in [4.78, 5) is 13.4. The molecule has 3 aliphatic heterocycles. The lowest BCUT2D eigenvalue weighted by molar-refractivity contribution is -0.0525. The zero-order valence-corrected chi connectivity index (χ0v) is 23.8. The zero-order valence-electron chi connectivity index (χ0n) is 23.8. The molecule has 1 aromatic carbocycles. The second kappa shape index (κ2) is 12.0. The molecule has 5 rings (SSSR count). The van der Waals surface area contributed by atoms with E-state index in [1.807, 2.05) is 0 Å². The monoisotopic (exact) mass is 562 g/mol. The van der Waals surface area contributed by atoms with Crippen LogP contribution in [0.1, 0.15) is 66.2 Å².